The quantitative estimate of drug-likeness (QED) is 0.0477. The molecule has 2 heterocycles. The highest BCUT2D eigenvalue weighted by atomic mass is 31.2. The first-order valence-corrected chi connectivity index (χ1v) is 23.4. The third-order valence-electron chi connectivity index (χ3n) is 11.2. The number of ether oxygens (including phenoxy) is 3. The largest absolute Gasteiger partial charge is 0.493 e. The van der Waals surface area contributed by atoms with Gasteiger partial charge in [0.15, 0.2) is 6.23 Å². The molecule has 7 rings (SSSR count). The third kappa shape index (κ3) is 11.2. The minimum absolute atomic E-state index is 0.0258. The molecule has 0 spiro atoms. The van der Waals surface area contributed by atoms with Crippen LogP contribution in [0.5, 0.6) is 5.75 Å². The minimum Gasteiger partial charge on any atom is -0.493 e. The maximum atomic E-state index is 14.8. The summed E-state index contributed by atoms with van der Waals surface area (Å²) >= 11 is 0. The number of esters is 1. The second kappa shape index (κ2) is 21.8. The van der Waals surface area contributed by atoms with Gasteiger partial charge in [-0.1, -0.05) is 135 Å². The van der Waals surface area contributed by atoms with Crippen LogP contribution in [0.15, 0.2) is 163 Å². The van der Waals surface area contributed by atoms with Gasteiger partial charge >= 0.3 is 19.3 Å². The number of anilines is 1. The average Bonchev–Trinajstić information content (AvgIpc) is 3.33. The lowest BCUT2D eigenvalue weighted by Crippen LogP contribution is -2.58. The summed E-state index contributed by atoms with van der Waals surface area (Å²) in [5.74, 6) is 0.216. The predicted octanol–water partition coefficient (Wildman–Crippen LogP) is 8.08. The van der Waals surface area contributed by atoms with Crippen molar-refractivity contribution in [1.29, 1.82) is 0 Å². The maximum absolute atomic E-state index is 14.8. The Morgan fingerprint density at radius 1 is 0.803 bits per heavy atom. The number of aromatic nitrogens is 2. The molecule has 66 heavy (non-hydrogen) atoms. The van der Waals surface area contributed by atoms with Gasteiger partial charge in [0.25, 0.3) is 5.91 Å². The molecule has 5 aromatic carbocycles. The second-order valence-electron chi connectivity index (χ2n) is 16.7. The highest BCUT2D eigenvalue weighted by Gasteiger charge is 2.47. The van der Waals surface area contributed by atoms with Crippen molar-refractivity contribution < 1.29 is 32.9 Å². The van der Waals surface area contributed by atoms with E-state index in [9.17, 15) is 18.9 Å². The molecule has 0 bridgehead atoms. The Morgan fingerprint density at radius 2 is 1.36 bits per heavy atom. The van der Waals surface area contributed by atoms with Gasteiger partial charge in [0.05, 0.1) is 24.9 Å². The zero-order chi connectivity index (χ0) is 46.7. The van der Waals surface area contributed by atoms with Gasteiger partial charge < -0.3 is 24.1 Å². The Bertz CT molecular complexity index is 2520. The molecule has 1 amide bonds. The second-order valence-corrected chi connectivity index (χ2v) is 19.4. The van der Waals surface area contributed by atoms with Crippen molar-refractivity contribution in [3.05, 3.63) is 196 Å². The van der Waals surface area contributed by atoms with E-state index in [0.717, 1.165) is 28.0 Å². The van der Waals surface area contributed by atoms with Crippen molar-refractivity contribution in [1.82, 2.24) is 23.8 Å². The molecule has 0 radical (unpaired) electrons. The average molecular weight is 913 g/mol. The summed E-state index contributed by atoms with van der Waals surface area (Å²) in [6.45, 7) is 4.74. The molecule has 1 N–H and O–H groups in total. The van der Waals surface area contributed by atoms with Crippen LogP contribution in [0, 0.1) is 5.92 Å². The van der Waals surface area contributed by atoms with Crippen LogP contribution in [0.1, 0.15) is 52.7 Å². The number of likely N-dealkylation sites (N-methyl/N-ethyl adjacent to an activating group) is 1. The monoisotopic (exact) mass is 912 g/mol. The lowest BCUT2D eigenvalue weighted by molar-refractivity contribution is -0.149. The van der Waals surface area contributed by atoms with Crippen molar-refractivity contribution >= 4 is 25.4 Å². The minimum atomic E-state index is -3.87. The van der Waals surface area contributed by atoms with Gasteiger partial charge in [-0.05, 0) is 79.6 Å². The molecule has 344 valence electrons. The summed E-state index contributed by atoms with van der Waals surface area (Å²) in [6, 6.07) is 48.0. The van der Waals surface area contributed by atoms with Crippen molar-refractivity contribution in [2.75, 3.05) is 59.3 Å². The molecule has 3 atom stereocenters. The van der Waals surface area contributed by atoms with E-state index in [-0.39, 0.29) is 38.7 Å². The van der Waals surface area contributed by atoms with Gasteiger partial charge in [-0.3, -0.25) is 23.6 Å². The molecule has 1 saturated heterocycles. The fourth-order valence-corrected chi connectivity index (χ4v) is 9.73. The smallest absolute Gasteiger partial charge is 0.351 e. The van der Waals surface area contributed by atoms with Gasteiger partial charge in [-0.2, -0.15) is 4.98 Å². The number of hydrogen-bond donors (Lipinski definition) is 1. The van der Waals surface area contributed by atoms with E-state index in [2.05, 4.69) is 65.4 Å². The number of amides is 1. The summed E-state index contributed by atoms with van der Waals surface area (Å²) in [5, 5.41) is 2.72. The standard InChI is InChI=1S/C51H57N6O8P/c1-38(2)35-62-44-28-26-39(27-29-44)36-63-48(58)34-55(5)66(61,54(3)4)64-37-45-32-56(33-47(65-45)57-31-30-46(53-50(57)60)52-49(59)40-18-10-6-11-19-40)51(41-20-12-7-13-21-41,42-22-14-8-15-23-42)43-24-16-9-17-25-43/h6-31,38,45,47H,32-37H2,1-5H3,(H,52,53,59,60)/t45-,47+,66-/m0/s1. The Hall–Kier alpha value is -6.25. The van der Waals surface area contributed by atoms with Crippen molar-refractivity contribution in [2.45, 2.75) is 38.3 Å². The molecule has 0 unspecified atom stereocenters. The Labute approximate surface area is 386 Å². The molecular weight excluding hydrogens is 856 g/mol. The fraction of sp³-hybridized carbons (Fsp3) is 0.294. The zero-order valence-electron chi connectivity index (χ0n) is 37.9. The normalized spacial score (nSPS) is 16.5. The van der Waals surface area contributed by atoms with E-state index in [1.807, 2.05) is 84.9 Å². The van der Waals surface area contributed by atoms with Crippen LogP contribution in [-0.4, -0.2) is 95.8 Å². The predicted molar refractivity (Wildman–Crippen MR) is 254 cm³/mol. The van der Waals surface area contributed by atoms with E-state index >= 15 is 0 Å². The van der Waals surface area contributed by atoms with E-state index in [4.69, 9.17) is 18.7 Å². The molecule has 0 aliphatic carbocycles. The first-order chi connectivity index (χ1) is 31.9. The van der Waals surface area contributed by atoms with Gasteiger partial charge in [0, 0.05) is 24.8 Å². The van der Waals surface area contributed by atoms with Crippen molar-refractivity contribution in [3.8, 4) is 5.75 Å². The molecule has 14 nitrogen and oxygen atoms in total. The van der Waals surface area contributed by atoms with Crippen molar-refractivity contribution in [2.24, 2.45) is 5.92 Å². The summed E-state index contributed by atoms with van der Waals surface area (Å²) < 4.78 is 43.5. The van der Waals surface area contributed by atoms with Gasteiger partial charge in [-0.25, -0.2) is 14.1 Å². The maximum Gasteiger partial charge on any atom is 0.351 e. The summed E-state index contributed by atoms with van der Waals surface area (Å²) in [6.07, 6.45) is -0.148. The first-order valence-electron chi connectivity index (χ1n) is 21.9. The molecule has 1 aromatic heterocycles. The third-order valence-corrected chi connectivity index (χ3v) is 13.7. The fourth-order valence-electron chi connectivity index (χ4n) is 8.03. The molecule has 0 saturated carbocycles. The highest BCUT2D eigenvalue weighted by molar-refractivity contribution is 7.53. The van der Waals surface area contributed by atoms with Crippen LogP contribution in [0.2, 0.25) is 0 Å². The van der Waals surface area contributed by atoms with E-state index in [1.54, 1.807) is 57.7 Å². The van der Waals surface area contributed by atoms with E-state index < -0.39 is 43.1 Å². The lowest BCUT2D eigenvalue weighted by atomic mass is 9.75. The molecule has 1 aliphatic rings. The Morgan fingerprint density at radius 3 is 1.89 bits per heavy atom. The van der Waals surface area contributed by atoms with Gasteiger partial charge in [-0.15, -0.1) is 0 Å². The van der Waals surface area contributed by atoms with Crippen LogP contribution >= 0.6 is 7.67 Å². The van der Waals surface area contributed by atoms with Crippen LogP contribution in [0.4, 0.5) is 5.82 Å². The van der Waals surface area contributed by atoms with E-state index in [1.165, 1.54) is 13.9 Å². The first kappa shape index (κ1) is 47.7. The number of hydrogen-bond acceptors (Lipinski definition) is 10. The molecule has 6 aromatic rings. The van der Waals surface area contributed by atoms with E-state index in [0.29, 0.717) is 18.1 Å². The van der Waals surface area contributed by atoms with Crippen LogP contribution in [0.25, 0.3) is 0 Å². The topological polar surface area (TPSA) is 145 Å². The molecule has 1 aliphatic heterocycles. The molecule has 1 fully saturated rings. The highest BCUT2D eigenvalue weighted by Crippen LogP contribution is 2.52. The number of nitrogens with one attached hydrogen (secondary N) is 1. The molecule has 15 heteroatoms. The summed E-state index contributed by atoms with van der Waals surface area (Å²) in [5.41, 5.74) is 2.55. The lowest BCUT2D eigenvalue weighted by Gasteiger charge is -2.50. The van der Waals surface area contributed by atoms with Gasteiger partial charge in [0.1, 0.15) is 24.7 Å². The number of morpholine rings is 1. The van der Waals surface area contributed by atoms with Gasteiger partial charge in [0.2, 0.25) is 0 Å². The number of carbonyl (C=O) groups is 2. The Balaban J connectivity index is 1.17. The SMILES string of the molecule is CC(C)COc1ccc(COC(=O)CN(C)[P@@](=O)(OC[C@@H]2CN(C(c3ccccc3)(c3ccccc3)c3ccccc3)C[C@H](n3ccc(NC(=O)c4ccccc4)nc3=O)O2)N(C)C)cc1. The summed E-state index contributed by atoms with van der Waals surface area (Å²) in [7, 11) is 0.921. The zero-order valence-corrected chi connectivity index (χ0v) is 38.8. The number of nitrogens with zero attached hydrogens (tertiary/aromatic N) is 5. The van der Waals surface area contributed by atoms with Crippen LogP contribution in [0.3, 0.4) is 0 Å². The summed E-state index contributed by atoms with van der Waals surface area (Å²) in [4.78, 5) is 46.7. The Kier molecular flexibility index (Phi) is 15.8. The van der Waals surface area contributed by atoms with Crippen molar-refractivity contribution in [3.63, 3.8) is 0 Å². The van der Waals surface area contributed by atoms with Crippen LogP contribution in [-0.2, 0) is 35.5 Å². The van der Waals surface area contributed by atoms with Crippen LogP contribution < -0.4 is 15.7 Å². The number of benzene rings is 5. The number of carbonyl (C=O) groups excluding carboxylic acids is 2. The number of rotatable bonds is 19. The molecular formula is C51H57N6O8P.